The van der Waals surface area contributed by atoms with Gasteiger partial charge in [0.1, 0.15) is 0 Å². The van der Waals surface area contributed by atoms with Gasteiger partial charge in [-0.05, 0) is 73.8 Å². The van der Waals surface area contributed by atoms with Crippen LogP contribution in [0.2, 0.25) is 0 Å². The summed E-state index contributed by atoms with van der Waals surface area (Å²) in [4.78, 5) is 16.4. The molecule has 4 rings (SSSR count). The van der Waals surface area contributed by atoms with Crippen LogP contribution in [0.3, 0.4) is 0 Å². The largest absolute Gasteiger partial charge is 0.372 e. The standard InChI is InChI=1S/C23H28N4OS/c1-17-6-9-19(15-21(17)27-14-4-5-22(27)28)25-23(29)24-16-18-7-10-20(11-8-18)26-12-2-3-13-26/h6-11,15H,2-5,12-14,16H2,1H3,(H2,24,25,29). The predicted octanol–water partition coefficient (Wildman–Crippen LogP) is 4.21. The minimum absolute atomic E-state index is 0.198. The van der Waals surface area contributed by atoms with Gasteiger partial charge in [-0.25, -0.2) is 0 Å². The van der Waals surface area contributed by atoms with Crippen molar-refractivity contribution in [1.29, 1.82) is 0 Å². The second-order valence-electron chi connectivity index (χ2n) is 7.82. The topological polar surface area (TPSA) is 47.6 Å². The molecule has 1 amide bonds. The van der Waals surface area contributed by atoms with Crippen molar-refractivity contribution in [3.63, 3.8) is 0 Å². The van der Waals surface area contributed by atoms with Gasteiger partial charge < -0.3 is 20.4 Å². The average Bonchev–Trinajstić information content (AvgIpc) is 3.40. The minimum atomic E-state index is 0.198. The Morgan fingerprint density at radius 3 is 2.48 bits per heavy atom. The van der Waals surface area contributed by atoms with E-state index in [-0.39, 0.29) is 5.91 Å². The second kappa shape index (κ2) is 8.82. The summed E-state index contributed by atoms with van der Waals surface area (Å²) < 4.78 is 0. The number of nitrogens with one attached hydrogen (secondary N) is 2. The van der Waals surface area contributed by atoms with Gasteiger partial charge in [-0.2, -0.15) is 0 Å². The maximum atomic E-state index is 12.1. The highest BCUT2D eigenvalue weighted by molar-refractivity contribution is 7.80. The maximum absolute atomic E-state index is 12.1. The van der Waals surface area contributed by atoms with E-state index in [0.29, 0.717) is 18.1 Å². The molecule has 0 bridgehead atoms. The molecule has 0 aliphatic carbocycles. The first-order chi connectivity index (χ1) is 14.1. The number of benzene rings is 2. The molecule has 0 unspecified atom stereocenters. The fraction of sp³-hybridized carbons (Fsp3) is 0.391. The molecule has 2 saturated heterocycles. The normalized spacial score (nSPS) is 16.4. The van der Waals surface area contributed by atoms with Gasteiger partial charge in [-0.3, -0.25) is 4.79 Å². The van der Waals surface area contributed by atoms with E-state index in [1.807, 2.05) is 30.0 Å². The van der Waals surface area contributed by atoms with Crippen LogP contribution in [0.25, 0.3) is 0 Å². The molecule has 0 aromatic heterocycles. The third-order valence-electron chi connectivity index (χ3n) is 5.69. The van der Waals surface area contributed by atoms with Gasteiger partial charge in [0.05, 0.1) is 0 Å². The van der Waals surface area contributed by atoms with Gasteiger partial charge in [-0.15, -0.1) is 0 Å². The summed E-state index contributed by atoms with van der Waals surface area (Å²) in [5.41, 5.74) is 5.47. The molecule has 2 aromatic rings. The Labute approximate surface area is 178 Å². The number of carbonyl (C=O) groups is 1. The van der Waals surface area contributed by atoms with E-state index in [1.54, 1.807) is 0 Å². The lowest BCUT2D eigenvalue weighted by molar-refractivity contribution is -0.117. The smallest absolute Gasteiger partial charge is 0.227 e. The Kier molecular flexibility index (Phi) is 6.00. The van der Waals surface area contributed by atoms with Gasteiger partial charge in [0.25, 0.3) is 0 Å². The van der Waals surface area contributed by atoms with Crippen LogP contribution in [0.4, 0.5) is 17.1 Å². The van der Waals surface area contributed by atoms with E-state index in [9.17, 15) is 4.79 Å². The number of thiocarbonyl (C=S) groups is 1. The molecule has 152 valence electrons. The third-order valence-corrected chi connectivity index (χ3v) is 5.94. The van der Waals surface area contributed by atoms with Crippen LogP contribution in [-0.2, 0) is 11.3 Å². The Balaban J connectivity index is 1.33. The fourth-order valence-corrected chi connectivity index (χ4v) is 4.23. The molecular weight excluding hydrogens is 380 g/mol. The lowest BCUT2D eigenvalue weighted by Gasteiger charge is -2.20. The number of hydrogen-bond donors (Lipinski definition) is 2. The Morgan fingerprint density at radius 1 is 1.03 bits per heavy atom. The molecular formula is C23H28N4OS. The highest BCUT2D eigenvalue weighted by Gasteiger charge is 2.23. The van der Waals surface area contributed by atoms with Crippen molar-refractivity contribution in [1.82, 2.24) is 5.32 Å². The molecule has 0 spiro atoms. The second-order valence-corrected chi connectivity index (χ2v) is 8.23. The summed E-state index contributed by atoms with van der Waals surface area (Å²) >= 11 is 5.47. The van der Waals surface area contributed by atoms with Gasteiger partial charge in [0.15, 0.2) is 5.11 Å². The van der Waals surface area contributed by atoms with Gasteiger partial charge >= 0.3 is 0 Å². The zero-order chi connectivity index (χ0) is 20.2. The third kappa shape index (κ3) is 4.70. The molecule has 2 aromatic carbocycles. The Morgan fingerprint density at radius 2 is 1.79 bits per heavy atom. The van der Waals surface area contributed by atoms with Crippen LogP contribution >= 0.6 is 12.2 Å². The number of hydrogen-bond acceptors (Lipinski definition) is 3. The van der Waals surface area contributed by atoms with E-state index in [1.165, 1.54) is 24.1 Å². The van der Waals surface area contributed by atoms with Crippen molar-refractivity contribution in [2.24, 2.45) is 0 Å². The zero-order valence-corrected chi connectivity index (χ0v) is 17.7. The van der Waals surface area contributed by atoms with Crippen LogP contribution in [0.1, 0.15) is 36.8 Å². The van der Waals surface area contributed by atoms with E-state index in [4.69, 9.17) is 12.2 Å². The van der Waals surface area contributed by atoms with Crippen molar-refractivity contribution in [3.05, 3.63) is 53.6 Å². The molecule has 0 atom stereocenters. The van der Waals surface area contributed by atoms with Crippen LogP contribution in [0, 0.1) is 6.92 Å². The summed E-state index contributed by atoms with van der Waals surface area (Å²) in [6, 6.07) is 14.7. The molecule has 29 heavy (non-hydrogen) atoms. The van der Waals surface area contributed by atoms with Crippen LogP contribution in [-0.4, -0.2) is 30.7 Å². The van der Waals surface area contributed by atoms with Gasteiger partial charge in [-0.1, -0.05) is 18.2 Å². The molecule has 2 heterocycles. The Hall–Kier alpha value is -2.60. The van der Waals surface area contributed by atoms with Crippen molar-refractivity contribution in [2.45, 2.75) is 39.2 Å². The molecule has 5 nitrogen and oxygen atoms in total. The van der Waals surface area contributed by atoms with E-state index >= 15 is 0 Å². The van der Waals surface area contributed by atoms with E-state index in [2.05, 4.69) is 39.8 Å². The number of anilines is 3. The monoisotopic (exact) mass is 408 g/mol. The van der Waals surface area contributed by atoms with Crippen molar-refractivity contribution >= 4 is 40.3 Å². The molecule has 2 aliphatic rings. The zero-order valence-electron chi connectivity index (χ0n) is 16.9. The summed E-state index contributed by atoms with van der Waals surface area (Å²) in [7, 11) is 0. The lowest BCUT2D eigenvalue weighted by atomic mass is 10.1. The average molecular weight is 409 g/mol. The minimum Gasteiger partial charge on any atom is -0.372 e. The number of rotatable bonds is 5. The van der Waals surface area contributed by atoms with Crippen molar-refractivity contribution < 1.29 is 4.79 Å². The number of amides is 1. The number of nitrogens with zero attached hydrogens (tertiary/aromatic N) is 2. The number of aryl methyl sites for hydroxylation is 1. The maximum Gasteiger partial charge on any atom is 0.227 e. The summed E-state index contributed by atoms with van der Waals surface area (Å²) in [5.74, 6) is 0.198. The molecule has 0 radical (unpaired) electrons. The van der Waals surface area contributed by atoms with E-state index in [0.717, 1.165) is 43.0 Å². The highest BCUT2D eigenvalue weighted by Crippen LogP contribution is 2.28. The summed E-state index contributed by atoms with van der Waals surface area (Å²) in [5, 5.41) is 7.10. The first kappa shape index (κ1) is 19.7. The van der Waals surface area contributed by atoms with E-state index < -0.39 is 0 Å². The summed E-state index contributed by atoms with van der Waals surface area (Å²) in [6.07, 6.45) is 4.13. The summed E-state index contributed by atoms with van der Waals surface area (Å²) in [6.45, 7) is 5.82. The van der Waals surface area contributed by atoms with Gasteiger partial charge in [0, 0.05) is 49.7 Å². The van der Waals surface area contributed by atoms with Gasteiger partial charge in [0.2, 0.25) is 5.91 Å². The highest BCUT2D eigenvalue weighted by atomic mass is 32.1. The molecule has 6 heteroatoms. The molecule has 0 saturated carbocycles. The van der Waals surface area contributed by atoms with Crippen molar-refractivity contribution in [3.8, 4) is 0 Å². The van der Waals surface area contributed by atoms with Crippen LogP contribution in [0.15, 0.2) is 42.5 Å². The number of carbonyl (C=O) groups excluding carboxylic acids is 1. The van der Waals surface area contributed by atoms with Crippen LogP contribution < -0.4 is 20.4 Å². The predicted molar refractivity (Wildman–Crippen MR) is 124 cm³/mol. The fourth-order valence-electron chi connectivity index (χ4n) is 4.04. The first-order valence-corrected chi connectivity index (χ1v) is 10.8. The van der Waals surface area contributed by atoms with Crippen LogP contribution in [0.5, 0.6) is 0 Å². The SMILES string of the molecule is Cc1ccc(NC(=S)NCc2ccc(N3CCCC3)cc2)cc1N1CCCC1=O. The quantitative estimate of drug-likeness (QED) is 0.726. The Bertz CT molecular complexity index is 890. The lowest BCUT2D eigenvalue weighted by Crippen LogP contribution is -2.28. The van der Waals surface area contributed by atoms with Crippen molar-refractivity contribution in [2.75, 3.05) is 34.8 Å². The molecule has 2 N–H and O–H groups in total. The molecule has 2 fully saturated rings. The first-order valence-electron chi connectivity index (χ1n) is 10.4. The molecule has 2 aliphatic heterocycles.